The summed E-state index contributed by atoms with van der Waals surface area (Å²) in [5.41, 5.74) is 0.999. The minimum atomic E-state index is 0.0587. The summed E-state index contributed by atoms with van der Waals surface area (Å²) in [4.78, 5) is 22.2. The largest absolute Gasteiger partial charge is 0.440 e. The number of amides is 1. The average molecular weight is 378 g/mol. The van der Waals surface area contributed by atoms with Gasteiger partial charge in [0, 0.05) is 46.4 Å². The van der Waals surface area contributed by atoms with Crippen LogP contribution in [0.25, 0.3) is 10.8 Å². The van der Waals surface area contributed by atoms with E-state index in [1.165, 1.54) is 0 Å². The van der Waals surface area contributed by atoms with Gasteiger partial charge in [0.2, 0.25) is 11.8 Å². The van der Waals surface area contributed by atoms with Gasteiger partial charge in [-0.3, -0.25) is 14.6 Å². The standard InChI is InChI=1S/C18H26N4O3S/c1-14-15(20-18(25-14)16-4-3-11-26-16)12-21-6-8-22(9-7-21)13-17(23)19-5-10-24-2/h3-4,11H,5-10,12-13H2,1-2H3,(H,19,23). The number of carbonyl (C=O) groups is 1. The first-order chi connectivity index (χ1) is 12.7. The molecule has 3 rings (SSSR count). The number of carbonyl (C=O) groups excluding carboxylic acids is 1. The van der Waals surface area contributed by atoms with Crippen molar-refractivity contribution in [2.24, 2.45) is 0 Å². The molecule has 1 N–H and O–H groups in total. The van der Waals surface area contributed by atoms with E-state index in [1.807, 2.05) is 24.4 Å². The lowest BCUT2D eigenvalue weighted by Gasteiger charge is -2.33. The fourth-order valence-electron chi connectivity index (χ4n) is 2.95. The Hall–Kier alpha value is -1.74. The van der Waals surface area contributed by atoms with E-state index in [-0.39, 0.29) is 5.91 Å². The van der Waals surface area contributed by atoms with E-state index in [4.69, 9.17) is 9.15 Å². The molecule has 2 aromatic heterocycles. The molecule has 8 heteroatoms. The van der Waals surface area contributed by atoms with Crippen molar-refractivity contribution in [1.82, 2.24) is 20.1 Å². The van der Waals surface area contributed by atoms with Gasteiger partial charge in [-0.1, -0.05) is 6.07 Å². The summed E-state index contributed by atoms with van der Waals surface area (Å²) < 4.78 is 10.8. The number of ether oxygens (including phenoxy) is 1. The normalized spacial score (nSPS) is 16.1. The van der Waals surface area contributed by atoms with Crippen molar-refractivity contribution in [3.05, 3.63) is 29.0 Å². The molecule has 142 valence electrons. The number of methoxy groups -OCH3 is 1. The van der Waals surface area contributed by atoms with E-state index >= 15 is 0 Å². The van der Waals surface area contributed by atoms with Crippen LogP contribution in [0.5, 0.6) is 0 Å². The molecular weight excluding hydrogens is 352 g/mol. The summed E-state index contributed by atoms with van der Waals surface area (Å²) >= 11 is 1.63. The highest BCUT2D eigenvalue weighted by Gasteiger charge is 2.21. The van der Waals surface area contributed by atoms with Crippen LogP contribution in [0.15, 0.2) is 21.9 Å². The second-order valence-electron chi connectivity index (χ2n) is 6.39. The zero-order valence-electron chi connectivity index (χ0n) is 15.4. The minimum Gasteiger partial charge on any atom is -0.440 e. The van der Waals surface area contributed by atoms with Crippen LogP contribution >= 0.6 is 11.3 Å². The van der Waals surface area contributed by atoms with Crippen LogP contribution in [0.3, 0.4) is 0 Å². The molecule has 3 heterocycles. The molecule has 1 aliphatic heterocycles. The number of aryl methyl sites for hydroxylation is 1. The number of aromatic nitrogens is 1. The SMILES string of the molecule is COCCNC(=O)CN1CCN(Cc2nc(-c3cccs3)oc2C)CC1. The topological polar surface area (TPSA) is 70.8 Å². The molecule has 1 saturated heterocycles. The third-order valence-corrected chi connectivity index (χ3v) is 5.32. The lowest BCUT2D eigenvalue weighted by atomic mass is 10.2. The molecule has 1 amide bonds. The van der Waals surface area contributed by atoms with Gasteiger partial charge in [0.1, 0.15) is 5.76 Å². The van der Waals surface area contributed by atoms with E-state index in [0.29, 0.717) is 25.6 Å². The lowest BCUT2D eigenvalue weighted by molar-refractivity contribution is -0.122. The Morgan fingerprint density at radius 1 is 1.35 bits per heavy atom. The van der Waals surface area contributed by atoms with Gasteiger partial charge < -0.3 is 14.5 Å². The summed E-state index contributed by atoms with van der Waals surface area (Å²) in [5, 5.41) is 4.89. The zero-order chi connectivity index (χ0) is 18.4. The highest BCUT2D eigenvalue weighted by Crippen LogP contribution is 2.26. The zero-order valence-corrected chi connectivity index (χ0v) is 16.2. The number of oxazole rings is 1. The van der Waals surface area contributed by atoms with Crippen LogP contribution in [0, 0.1) is 6.92 Å². The summed E-state index contributed by atoms with van der Waals surface area (Å²) in [6, 6.07) is 4.03. The number of rotatable bonds is 8. The lowest BCUT2D eigenvalue weighted by Crippen LogP contribution is -2.49. The molecule has 1 fully saturated rings. The van der Waals surface area contributed by atoms with Crippen molar-refractivity contribution in [3.63, 3.8) is 0 Å². The summed E-state index contributed by atoms with van der Waals surface area (Å²) in [5.74, 6) is 1.65. The number of nitrogens with one attached hydrogen (secondary N) is 1. The molecule has 0 saturated carbocycles. The van der Waals surface area contributed by atoms with Crippen molar-refractivity contribution >= 4 is 17.2 Å². The van der Waals surface area contributed by atoms with Crippen LogP contribution in [0.1, 0.15) is 11.5 Å². The Morgan fingerprint density at radius 2 is 2.12 bits per heavy atom. The Bertz CT molecular complexity index is 693. The van der Waals surface area contributed by atoms with Crippen LogP contribution in [0.4, 0.5) is 0 Å². The van der Waals surface area contributed by atoms with E-state index < -0.39 is 0 Å². The predicted molar refractivity (Wildman–Crippen MR) is 101 cm³/mol. The van der Waals surface area contributed by atoms with Crippen LogP contribution in [0.2, 0.25) is 0 Å². The van der Waals surface area contributed by atoms with Gasteiger partial charge in [0.25, 0.3) is 0 Å². The Morgan fingerprint density at radius 3 is 2.81 bits per heavy atom. The number of piperazine rings is 1. The Balaban J connectivity index is 1.45. The maximum Gasteiger partial charge on any atom is 0.236 e. The highest BCUT2D eigenvalue weighted by molar-refractivity contribution is 7.13. The summed E-state index contributed by atoms with van der Waals surface area (Å²) in [6.45, 7) is 7.92. The van der Waals surface area contributed by atoms with E-state index in [9.17, 15) is 4.79 Å². The molecule has 0 aliphatic carbocycles. The Kier molecular flexibility index (Phi) is 6.79. The monoisotopic (exact) mass is 378 g/mol. The second kappa shape index (κ2) is 9.27. The van der Waals surface area contributed by atoms with Crippen molar-refractivity contribution in [2.45, 2.75) is 13.5 Å². The number of nitrogens with zero attached hydrogens (tertiary/aromatic N) is 3. The molecular formula is C18H26N4O3S. The number of thiophene rings is 1. The third kappa shape index (κ3) is 5.14. The fourth-order valence-corrected chi connectivity index (χ4v) is 3.60. The van der Waals surface area contributed by atoms with Gasteiger partial charge in [-0.15, -0.1) is 11.3 Å². The van der Waals surface area contributed by atoms with Gasteiger partial charge in [-0.05, 0) is 18.4 Å². The van der Waals surface area contributed by atoms with Gasteiger partial charge in [0.15, 0.2) is 0 Å². The van der Waals surface area contributed by atoms with E-state index in [0.717, 1.165) is 49.1 Å². The molecule has 0 spiro atoms. The predicted octanol–water partition coefficient (Wildman–Crippen LogP) is 1.59. The van der Waals surface area contributed by atoms with E-state index in [2.05, 4.69) is 20.1 Å². The maximum absolute atomic E-state index is 11.9. The van der Waals surface area contributed by atoms with Gasteiger partial charge in [-0.25, -0.2) is 4.98 Å². The summed E-state index contributed by atoms with van der Waals surface area (Å²) in [6.07, 6.45) is 0. The molecule has 0 aromatic carbocycles. The van der Waals surface area contributed by atoms with Crippen molar-refractivity contribution in [1.29, 1.82) is 0 Å². The Labute approximate surface area is 157 Å². The molecule has 0 bridgehead atoms. The summed E-state index contributed by atoms with van der Waals surface area (Å²) in [7, 11) is 1.63. The molecule has 0 unspecified atom stereocenters. The third-order valence-electron chi connectivity index (χ3n) is 4.46. The molecule has 1 aliphatic rings. The average Bonchev–Trinajstić information content (AvgIpc) is 3.27. The molecule has 7 nitrogen and oxygen atoms in total. The minimum absolute atomic E-state index is 0.0587. The van der Waals surface area contributed by atoms with Crippen molar-refractivity contribution in [2.75, 3.05) is 53.0 Å². The van der Waals surface area contributed by atoms with Crippen molar-refractivity contribution < 1.29 is 13.9 Å². The van der Waals surface area contributed by atoms with Gasteiger partial charge in [-0.2, -0.15) is 0 Å². The van der Waals surface area contributed by atoms with Crippen LogP contribution < -0.4 is 5.32 Å². The van der Waals surface area contributed by atoms with Gasteiger partial charge >= 0.3 is 0 Å². The molecule has 0 atom stereocenters. The first-order valence-electron chi connectivity index (χ1n) is 8.86. The van der Waals surface area contributed by atoms with Crippen LogP contribution in [-0.2, 0) is 16.1 Å². The molecule has 2 aromatic rings. The van der Waals surface area contributed by atoms with Crippen molar-refractivity contribution in [3.8, 4) is 10.8 Å². The first-order valence-corrected chi connectivity index (χ1v) is 9.74. The van der Waals surface area contributed by atoms with E-state index in [1.54, 1.807) is 18.4 Å². The second-order valence-corrected chi connectivity index (χ2v) is 7.34. The first kappa shape index (κ1) is 19.0. The smallest absolute Gasteiger partial charge is 0.236 e. The number of hydrogen-bond donors (Lipinski definition) is 1. The highest BCUT2D eigenvalue weighted by atomic mass is 32.1. The van der Waals surface area contributed by atoms with Crippen LogP contribution in [-0.4, -0.2) is 73.7 Å². The molecule has 26 heavy (non-hydrogen) atoms. The van der Waals surface area contributed by atoms with Gasteiger partial charge in [0.05, 0.1) is 23.7 Å². The molecule has 0 radical (unpaired) electrons. The fraction of sp³-hybridized carbons (Fsp3) is 0.556. The number of hydrogen-bond acceptors (Lipinski definition) is 7. The quantitative estimate of drug-likeness (QED) is 0.704. The maximum atomic E-state index is 11.9.